The Morgan fingerprint density at radius 1 is 1.07 bits per heavy atom. The largest absolute Gasteiger partial charge is 0.352 e. The topological polar surface area (TPSA) is 78.5 Å². The molecule has 2 aromatic carbocycles. The second-order valence-electron chi connectivity index (χ2n) is 7.99. The Morgan fingerprint density at radius 2 is 1.77 bits per heavy atom. The van der Waals surface area contributed by atoms with Crippen molar-refractivity contribution in [2.24, 2.45) is 0 Å². The summed E-state index contributed by atoms with van der Waals surface area (Å²) in [6.45, 7) is 6.94. The molecule has 1 aliphatic rings. The van der Waals surface area contributed by atoms with Crippen LogP contribution < -0.4 is 10.0 Å². The number of likely N-dealkylation sites (tertiary alicyclic amines) is 1. The van der Waals surface area contributed by atoms with Crippen molar-refractivity contribution in [1.82, 2.24) is 10.2 Å². The average Bonchev–Trinajstić information content (AvgIpc) is 2.74. The van der Waals surface area contributed by atoms with Crippen LogP contribution in [0.2, 0.25) is 0 Å². The summed E-state index contributed by atoms with van der Waals surface area (Å²) >= 11 is 0. The molecular weight excluding hydrogens is 398 g/mol. The van der Waals surface area contributed by atoms with Crippen molar-refractivity contribution in [3.05, 3.63) is 59.7 Å². The van der Waals surface area contributed by atoms with Crippen molar-refractivity contribution >= 4 is 21.6 Å². The molecule has 2 aromatic rings. The quantitative estimate of drug-likeness (QED) is 0.626. The zero-order valence-corrected chi connectivity index (χ0v) is 18.5. The molecule has 1 atom stereocenters. The molecule has 0 unspecified atom stereocenters. The Morgan fingerprint density at radius 3 is 2.43 bits per heavy atom. The van der Waals surface area contributed by atoms with Gasteiger partial charge in [0.25, 0.3) is 15.9 Å². The average molecular weight is 430 g/mol. The molecule has 0 aliphatic carbocycles. The van der Waals surface area contributed by atoms with Gasteiger partial charge in [0.1, 0.15) is 0 Å². The molecule has 0 radical (unpaired) electrons. The molecule has 0 bridgehead atoms. The number of rotatable bonds is 8. The van der Waals surface area contributed by atoms with Gasteiger partial charge in [-0.1, -0.05) is 24.1 Å². The first kappa shape index (κ1) is 22.3. The molecule has 0 saturated carbocycles. The summed E-state index contributed by atoms with van der Waals surface area (Å²) < 4.78 is 27.6. The zero-order valence-electron chi connectivity index (χ0n) is 17.7. The van der Waals surface area contributed by atoms with Crippen LogP contribution in [-0.4, -0.2) is 44.9 Å². The van der Waals surface area contributed by atoms with Crippen molar-refractivity contribution in [3.8, 4) is 0 Å². The summed E-state index contributed by atoms with van der Waals surface area (Å²) in [7, 11) is -3.69. The summed E-state index contributed by atoms with van der Waals surface area (Å²) in [5.74, 6) is -0.183. The number of amides is 1. The van der Waals surface area contributed by atoms with Gasteiger partial charge in [0, 0.05) is 30.4 Å². The van der Waals surface area contributed by atoms with E-state index in [4.69, 9.17) is 0 Å². The van der Waals surface area contributed by atoms with Crippen LogP contribution in [0.4, 0.5) is 5.69 Å². The number of piperidine rings is 1. The van der Waals surface area contributed by atoms with Gasteiger partial charge in [-0.2, -0.15) is 0 Å². The van der Waals surface area contributed by atoms with Gasteiger partial charge in [0.2, 0.25) is 0 Å². The predicted molar refractivity (Wildman–Crippen MR) is 120 cm³/mol. The van der Waals surface area contributed by atoms with Crippen LogP contribution in [0.1, 0.15) is 48.5 Å². The van der Waals surface area contributed by atoms with Crippen LogP contribution in [0.15, 0.2) is 53.4 Å². The highest BCUT2D eigenvalue weighted by Gasteiger charge is 2.18. The number of anilines is 1. The van der Waals surface area contributed by atoms with E-state index >= 15 is 0 Å². The molecular formula is C23H31N3O3S. The maximum Gasteiger partial charge on any atom is 0.261 e. The van der Waals surface area contributed by atoms with Crippen LogP contribution in [0.5, 0.6) is 0 Å². The van der Waals surface area contributed by atoms with Crippen LogP contribution in [-0.2, 0) is 10.0 Å². The molecule has 162 valence electrons. The van der Waals surface area contributed by atoms with Gasteiger partial charge in [0.05, 0.1) is 4.90 Å². The number of nitrogens with one attached hydrogen (secondary N) is 2. The second kappa shape index (κ2) is 10.1. The van der Waals surface area contributed by atoms with Crippen molar-refractivity contribution in [2.75, 3.05) is 24.4 Å². The minimum atomic E-state index is -3.69. The Bertz CT molecular complexity index is 941. The lowest BCUT2D eigenvalue weighted by molar-refractivity contribution is 0.0948. The summed E-state index contributed by atoms with van der Waals surface area (Å²) in [6, 6.07) is 13.8. The van der Waals surface area contributed by atoms with Crippen molar-refractivity contribution < 1.29 is 13.2 Å². The standard InChI is InChI=1S/C23H31N3O3S/c1-18-7-11-21(12-8-18)25-30(28,29)22-13-9-20(10-14-22)23(27)24-15-5-17-26-16-4-3-6-19(26)2/h7-14,19,25H,3-6,15-17H2,1-2H3,(H,24,27)/t19-/m0/s1. The first-order valence-corrected chi connectivity index (χ1v) is 12.1. The fraction of sp³-hybridized carbons (Fsp3) is 0.435. The predicted octanol–water partition coefficient (Wildman–Crippen LogP) is 3.79. The van der Waals surface area contributed by atoms with Crippen LogP contribution in [0.3, 0.4) is 0 Å². The van der Waals surface area contributed by atoms with E-state index in [1.165, 1.54) is 31.4 Å². The monoisotopic (exact) mass is 429 g/mol. The van der Waals surface area contributed by atoms with E-state index in [1.807, 2.05) is 19.1 Å². The first-order valence-electron chi connectivity index (χ1n) is 10.6. The van der Waals surface area contributed by atoms with Gasteiger partial charge in [-0.3, -0.25) is 9.52 Å². The molecule has 1 amide bonds. The maximum absolute atomic E-state index is 12.5. The van der Waals surface area contributed by atoms with Crippen molar-refractivity contribution in [2.45, 2.75) is 50.5 Å². The van der Waals surface area contributed by atoms with Crippen LogP contribution >= 0.6 is 0 Å². The van der Waals surface area contributed by atoms with Crippen molar-refractivity contribution in [1.29, 1.82) is 0 Å². The first-order chi connectivity index (χ1) is 14.3. The van der Waals surface area contributed by atoms with E-state index in [0.717, 1.165) is 25.1 Å². The van der Waals surface area contributed by atoms with Crippen LogP contribution in [0.25, 0.3) is 0 Å². The van der Waals surface area contributed by atoms with Gasteiger partial charge < -0.3 is 10.2 Å². The van der Waals surface area contributed by atoms with Gasteiger partial charge in [0.15, 0.2) is 0 Å². The van der Waals surface area contributed by atoms with Crippen molar-refractivity contribution in [3.63, 3.8) is 0 Å². The highest BCUT2D eigenvalue weighted by molar-refractivity contribution is 7.92. The Balaban J connectivity index is 1.50. The molecule has 3 rings (SSSR count). The molecule has 2 N–H and O–H groups in total. The highest BCUT2D eigenvalue weighted by Crippen LogP contribution is 2.18. The second-order valence-corrected chi connectivity index (χ2v) is 9.67. The molecule has 7 heteroatoms. The number of aryl methyl sites for hydroxylation is 1. The third-order valence-corrected chi connectivity index (χ3v) is 6.98. The summed E-state index contributed by atoms with van der Waals surface area (Å²) in [5.41, 5.74) is 2.01. The molecule has 6 nitrogen and oxygen atoms in total. The number of nitrogens with zero attached hydrogens (tertiary/aromatic N) is 1. The van der Waals surface area contributed by atoms with E-state index in [2.05, 4.69) is 21.9 Å². The number of sulfonamides is 1. The number of hydrogen-bond acceptors (Lipinski definition) is 4. The maximum atomic E-state index is 12.5. The third kappa shape index (κ3) is 6.06. The van der Waals surface area contributed by atoms with Gasteiger partial charge in [-0.25, -0.2) is 8.42 Å². The van der Waals surface area contributed by atoms with E-state index in [1.54, 1.807) is 24.3 Å². The van der Waals surface area contributed by atoms with E-state index in [-0.39, 0.29) is 10.8 Å². The van der Waals surface area contributed by atoms with E-state index in [9.17, 15) is 13.2 Å². The lowest BCUT2D eigenvalue weighted by atomic mass is 10.0. The zero-order chi connectivity index (χ0) is 21.6. The minimum Gasteiger partial charge on any atom is -0.352 e. The van der Waals surface area contributed by atoms with E-state index in [0.29, 0.717) is 23.8 Å². The van der Waals surface area contributed by atoms with E-state index < -0.39 is 10.0 Å². The Labute approximate surface area is 179 Å². The number of carbonyl (C=O) groups is 1. The van der Waals surface area contributed by atoms with Gasteiger partial charge in [-0.05, 0) is 76.1 Å². The highest BCUT2D eigenvalue weighted by atomic mass is 32.2. The minimum absolute atomic E-state index is 0.124. The normalized spacial score (nSPS) is 17.5. The lowest BCUT2D eigenvalue weighted by Gasteiger charge is -2.33. The Hall–Kier alpha value is -2.38. The molecule has 1 saturated heterocycles. The molecule has 1 heterocycles. The lowest BCUT2D eigenvalue weighted by Crippen LogP contribution is -2.39. The molecule has 30 heavy (non-hydrogen) atoms. The van der Waals surface area contributed by atoms with Crippen LogP contribution in [0, 0.1) is 6.92 Å². The van der Waals surface area contributed by atoms with Gasteiger partial charge in [-0.15, -0.1) is 0 Å². The fourth-order valence-corrected chi connectivity index (χ4v) is 4.76. The fourth-order valence-electron chi connectivity index (χ4n) is 3.70. The molecule has 1 fully saturated rings. The summed E-state index contributed by atoms with van der Waals surface area (Å²) in [4.78, 5) is 15.0. The number of carbonyl (C=O) groups excluding carboxylic acids is 1. The third-order valence-electron chi connectivity index (χ3n) is 5.58. The summed E-state index contributed by atoms with van der Waals surface area (Å²) in [6.07, 6.45) is 4.72. The smallest absolute Gasteiger partial charge is 0.261 e. The number of benzene rings is 2. The number of hydrogen-bond donors (Lipinski definition) is 2. The molecule has 1 aliphatic heterocycles. The Kier molecular flexibility index (Phi) is 7.50. The molecule has 0 aromatic heterocycles. The summed E-state index contributed by atoms with van der Waals surface area (Å²) in [5, 5.41) is 2.93. The SMILES string of the molecule is Cc1ccc(NS(=O)(=O)c2ccc(C(=O)NCCCN3CCCC[C@@H]3C)cc2)cc1. The van der Waals surface area contributed by atoms with Gasteiger partial charge >= 0.3 is 0 Å². The molecule has 0 spiro atoms.